The van der Waals surface area contributed by atoms with Crippen molar-refractivity contribution in [2.45, 2.75) is 24.9 Å². The summed E-state index contributed by atoms with van der Waals surface area (Å²) < 4.78 is 0. The first-order chi connectivity index (χ1) is 9.74. The largest absolute Gasteiger partial charge is 0.324 e. The average molecular weight is 266 g/mol. The van der Waals surface area contributed by atoms with Crippen molar-refractivity contribution in [3.63, 3.8) is 0 Å². The Morgan fingerprint density at radius 3 is 1.35 bits per heavy atom. The van der Waals surface area contributed by atoms with E-state index in [1.165, 1.54) is 11.1 Å². The van der Waals surface area contributed by atoms with Crippen LogP contribution in [0.3, 0.4) is 0 Å². The minimum absolute atomic E-state index is 0.0132. The number of hydrogen-bond acceptors (Lipinski definition) is 2. The van der Waals surface area contributed by atoms with Crippen molar-refractivity contribution in [2.24, 2.45) is 11.5 Å². The van der Waals surface area contributed by atoms with Crippen LogP contribution in [-0.2, 0) is 12.8 Å². The van der Waals surface area contributed by atoms with E-state index in [0.29, 0.717) is 0 Å². The summed E-state index contributed by atoms with van der Waals surface area (Å²) >= 11 is 0. The van der Waals surface area contributed by atoms with Crippen LogP contribution in [0.1, 0.15) is 11.1 Å². The molecule has 2 heteroatoms. The third-order valence-electron chi connectivity index (χ3n) is 3.23. The van der Waals surface area contributed by atoms with Gasteiger partial charge >= 0.3 is 0 Å². The van der Waals surface area contributed by atoms with E-state index >= 15 is 0 Å². The smallest absolute Gasteiger partial charge is 0.0265 e. The molecule has 0 saturated carbocycles. The van der Waals surface area contributed by atoms with E-state index in [-0.39, 0.29) is 12.1 Å². The number of benzene rings is 2. The van der Waals surface area contributed by atoms with Gasteiger partial charge in [0.05, 0.1) is 0 Å². The predicted octanol–water partition coefficient (Wildman–Crippen LogP) is 2.68. The van der Waals surface area contributed by atoms with Gasteiger partial charge in [-0.3, -0.25) is 0 Å². The van der Waals surface area contributed by atoms with E-state index < -0.39 is 0 Å². The highest BCUT2D eigenvalue weighted by Gasteiger charge is 2.02. The molecule has 0 aliphatic carbocycles. The van der Waals surface area contributed by atoms with Gasteiger partial charge in [-0.1, -0.05) is 72.8 Å². The monoisotopic (exact) mass is 266 g/mol. The van der Waals surface area contributed by atoms with Crippen LogP contribution in [0.2, 0.25) is 0 Å². The van der Waals surface area contributed by atoms with E-state index in [4.69, 9.17) is 11.5 Å². The molecule has 2 nitrogen and oxygen atoms in total. The summed E-state index contributed by atoms with van der Waals surface area (Å²) in [5.74, 6) is 0. The zero-order valence-corrected chi connectivity index (χ0v) is 11.7. The molecule has 0 spiro atoms. The normalized spacial score (nSPS) is 14.3. The van der Waals surface area contributed by atoms with E-state index in [0.717, 1.165) is 12.8 Å². The molecule has 0 bridgehead atoms. The van der Waals surface area contributed by atoms with Crippen LogP contribution in [0, 0.1) is 0 Å². The molecule has 2 aromatic carbocycles. The van der Waals surface area contributed by atoms with Crippen molar-refractivity contribution in [3.05, 3.63) is 83.9 Å². The van der Waals surface area contributed by atoms with Crippen molar-refractivity contribution < 1.29 is 0 Å². The molecule has 0 aliphatic rings. The van der Waals surface area contributed by atoms with Crippen LogP contribution in [0.5, 0.6) is 0 Å². The Morgan fingerprint density at radius 2 is 1.00 bits per heavy atom. The second-order valence-corrected chi connectivity index (χ2v) is 5.09. The first kappa shape index (κ1) is 14.5. The molecule has 20 heavy (non-hydrogen) atoms. The molecule has 0 unspecified atom stereocenters. The molecule has 0 heterocycles. The average Bonchev–Trinajstić information content (AvgIpc) is 2.47. The SMILES string of the molecule is N[C@@H](/C=C/[C@H](N)Cc1ccccc1)Cc1ccccc1. The van der Waals surface area contributed by atoms with Crippen LogP contribution in [0.25, 0.3) is 0 Å². The van der Waals surface area contributed by atoms with Gasteiger partial charge in [0.15, 0.2) is 0 Å². The van der Waals surface area contributed by atoms with Gasteiger partial charge in [0, 0.05) is 12.1 Å². The lowest BCUT2D eigenvalue weighted by Crippen LogP contribution is -2.24. The van der Waals surface area contributed by atoms with E-state index in [2.05, 4.69) is 24.3 Å². The summed E-state index contributed by atoms with van der Waals surface area (Å²) in [6.07, 6.45) is 5.71. The van der Waals surface area contributed by atoms with Gasteiger partial charge in [-0.15, -0.1) is 0 Å². The lowest BCUT2D eigenvalue weighted by atomic mass is 10.0. The van der Waals surface area contributed by atoms with Gasteiger partial charge in [-0.25, -0.2) is 0 Å². The molecule has 0 amide bonds. The summed E-state index contributed by atoms with van der Waals surface area (Å²) in [7, 11) is 0. The van der Waals surface area contributed by atoms with Crippen LogP contribution in [-0.4, -0.2) is 12.1 Å². The van der Waals surface area contributed by atoms with Crippen molar-refractivity contribution in [1.82, 2.24) is 0 Å². The van der Waals surface area contributed by atoms with Gasteiger partial charge < -0.3 is 11.5 Å². The molecule has 0 fully saturated rings. The van der Waals surface area contributed by atoms with E-state index in [1.807, 2.05) is 48.6 Å². The third kappa shape index (κ3) is 5.00. The Balaban J connectivity index is 1.82. The Hall–Kier alpha value is -1.90. The van der Waals surface area contributed by atoms with Crippen molar-refractivity contribution in [3.8, 4) is 0 Å². The van der Waals surface area contributed by atoms with Gasteiger partial charge in [0.2, 0.25) is 0 Å². The van der Waals surface area contributed by atoms with Gasteiger partial charge in [-0.05, 0) is 24.0 Å². The quantitative estimate of drug-likeness (QED) is 0.790. The van der Waals surface area contributed by atoms with E-state index in [1.54, 1.807) is 0 Å². The second kappa shape index (κ2) is 7.63. The predicted molar refractivity (Wildman–Crippen MR) is 85.4 cm³/mol. The van der Waals surface area contributed by atoms with Crippen molar-refractivity contribution >= 4 is 0 Å². The summed E-state index contributed by atoms with van der Waals surface area (Å²) in [6.45, 7) is 0. The molecular formula is C18H22N2. The molecule has 0 radical (unpaired) electrons. The third-order valence-corrected chi connectivity index (χ3v) is 3.23. The van der Waals surface area contributed by atoms with Crippen LogP contribution in [0.4, 0.5) is 0 Å². The van der Waals surface area contributed by atoms with Gasteiger partial charge in [0.1, 0.15) is 0 Å². The maximum Gasteiger partial charge on any atom is 0.0265 e. The fourth-order valence-corrected chi connectivity index (χ4v) is 2.19. The molecule has 0 aliphatic heterocycles. The summed E-state index contributed by atoms with van der Waals surface area (Å²) in [5.41, 5.74) is 14.7. The molecule has 2 aromatic rings. The topological polar surface area (TPSA) is 52.0 Å². The number of hydrogen-bond donors (Lipinski definition) is 2. The fraction of sp³-hybridized carbons (Fsp3) is 0.222. The zero-order valence-electron chi connectivity index (χ0n) is 11.7. The van der Waals surface area contributed by atoms with Crippen LogP contribution < -0.4 is 11.5 Å². The maximum absolute atomic E-state index is 6.11. The van der Waals surface area contributed by atoms with Crippen molar-refractivity contribution in [2.75, 3.05) is 0 Å². The maximum atomic E-state index is 6.11. The minimum Gasteiger partial charge on any atom is -0.324 e. The fourth-order valence-electron chi connectivity index (χ4n) is 2.19. The van der Waals surface area contributed by atoms with E-state index in [9.17, 15) is 0 Å². The molecular weight excluding hydrogens is 244 g/mol. The minimum atomic E-state index is 0.0132. The van der Waals surface area contributed by atoms with Crippen molar-refractivity contribution in [1.29, 1.82) is 0 Å². The molecule has 0 saturated heterocycles. The van der Waals surface area contributed by atoms with Gasteiger partial charge in [0.25, 0.3) is 0 Å². The van der Waals surface area contributed by atoms with Crippen LogP contribution in [0.15, 0.2) is 72.8 Å². The zero-order chi connectivity index (χ0) is 14.2. The Labute approximate surface area is 121 Å². The first-order valence-electron chi connectivity index (χ1n) is 7.01. The van der Waals surface area contributed by atoms with Crippen LogP contribution >= 0.6 is 0 Å². The summed E-state index contributed by atoms with van der Waals surface area (Å²) in [4.78, 5) is 0. The Kier molecular flexibility index (Phi) is 5.54. The lowest BCUT2D eigenvalue weighted by molar-refractivity contribution is 0.771. The molecule has 0 aromatic heterocycles. The highest BCUT2D eigenvalue weighted by Crippen LogP contribution is 2.05. The highest BCUT2D eigenvalue weighted by atomic mass is 14.6. The second-order valence-electron chi connectivity index (χ2n) is 5.09. The molecule has 4 N–H and O–H groups in total. The number of rotatable bonds is 6. The standard InChI is InChI=1S/C18H22N2/c19-17(13-15-7-3-1-4-8-15)11-12-18(20)14-16-9-5-2-6-10-16/h1-12,17-18H,13-14,19-20H2/b12-11+/t17-,18-/m0/s1. The molecule has 2 atom stereocenters. The first-order valence-corrected chi connectivity index (χ1v) is 7.01. The Bertz CT molecular complexity index is 470. The number of nitrogens with two attached hydrogens (primary N) is 2. The molecule has 2 rings (SSSR count). The lowest BCUT2D eigenvalue weighted by Gasteiger charge is -2.10. The Morgan fingerprint density at radius 1 is 0.650 bits per heavy atom. The summed E-state index contributed by atoms with van der Waals surface area (Å²) in [5, 5.41) is 0. The highest BCUT2D eigenvalue weighted by molar-refractivity contribution is 5.19. The van der Waals surface area contributed by atoms with Gasteiger partial charge in [-0.2, -0.15) is 0 Å². The summed E-state index contributed by atoms with van der Waals surface area (Å²) in [6, 6.07) is 20.6. The molecule has 104 valence electrons.